The molecule has 28 heavy (non-hydrogen) atoms. The topological polar surface area (TPSA) is 111 Å². The van der Waals surface area contributed by atoms with Crippen LogP contribution in [0.1, 0.15) is 18.0 Å². The molecule has 0 saturated carbocycles. The summed E-state index contributed by atoms with van der Waals surface area (Å²) in [7, 11) is 0. The smallest absolute Gasteiger partial charge is 0.258 e. The fourth-order valence-corrected chi connectivity index (χ4v) is 3.56. The highest BCUT2D eigenvalue weighted by atomic mass is 16.7. The van der Waals surface area contributed by atoms with Crippen molar-refractivity contribution in [1.29, 1.82) is 0 Å². The number of nitrogens with one attached hydrogen (secondary N) is 1. The number of rotatable bonds is 6. The Morgan fingerprint density at radius 2 is 1.82 bits per heavy atom. The summed E-state index contributed by atoms with van der Waals surface area (Å²) in [4.78, 5) is 41.3. The Labute approximate surface area is 161 Å². The molecule has 2 aromatic rings. The monoisotopic (exact) mass is 381 g/mol. The fraction of sp³-hybridized carbons (Fsp3) is 0.250. The predicted molar refractivity (Wildman–Crippen MR) is 97.7 cm³/mol. The number of carbonyl (C=O) groups is 3. The van der Waals surface area contributed by atoms with Crippen LogP contribution in [0, 0.1) is 5.92 Å². The first-order chi connectivity index (χ1) is 13.5. The molecule has 0 aromatic heterocycles. The van der Waals surface area contributed by atoms with Crippen molar-refractivity contribution < 1.29 is 24.0 Å². The number of amides is 3. The summed E-state index contributed by atoms with van der Waals surface area (Å²) in [6, 6.07) is 16.0. The molecule has 0 radical (unpaired) electrons. The van der Waals surface area contributed by atoms with Crippen molar-refractivity contribution in [1.82, 2.24) is 10.4 Å². The lowest BCUT2D eigenvalue weighted by Gasteiger charge is -2.25. The third-order valence-electron chi connectivity index (χ3n) is 4.79. The van der Waals surface area contributed by atoms with Gasteiger partial charge in [0.2, 0.25) is 11.8 Å². The van der Waals surface area contributed by atoms with Crippen LogP contribution < -0.4 is 15.8 Å². The minimum absolute atomic E-state index is 0.0476. The lowest BCUT2D eigenvalue weighted by molar-refractivity contribution is -0.174. The van der Waals surface area contributed by atoms with Gasteiger partial charge in [-0.3, -0.25) is 24.5 Å². The average molecular weight is 381 g/mol. The first-order valence-corrected chi connectivity index (χ1v) is 8.92. The molecule has 2 aliphatic rings. The van der Waals surface area contributed by atoms with Gasteiger partial charge >= 0.3 is 0 Å². The van der Waals surface area contributed by atoms with Gasteiger partial charge in [-0.2, -0.15) is 5.06 Å². The SMILES string of the molecule is NC(=O)CCN1OC2C(=O)NC(=O)C2C1c1cccc(Oc2ccccc2)c1. The number of para-hydroxylation sites is 1. The molecule has 144 valence electrons. The summed E-state index contributed by atoms with van der Waals surface area (Å²) in [5, 5.41) is 3.80. The van der Waals surface area contributed by atoms with Crippen molar-refractivity contribution in [2.75, 3.05) is 6.54 Å². The summed E-state index contributed by atoms with van der Waals surface area (Å²) < 4.78 is 5.87. The van der Waals surface area contributed by atoms with Crippen LogP contribution in [-0.2, 0) is 19.2 Å². The molecule has 2 saturated heterocycles. The van der Waals surface area contributed by atoms with Gasteiger partial charge in [-0.05, 0) is 29.8 Å². The van der Waals surface area contributed by atoms with Crippen molar-refractivity contribution in [2.45, 2.75) is 18.6 Å². The molecule has 2 aliphatic heterocycles. The molecule has 3 amide bonds. The van der Waals surface area contributed by atoms with Crippen molar-refractivity contribution in [3.8, 4) is 11.5 Å². The standard InChI is InChI=1S/C20H19N3O5/c21-15(24)9-10-23-17(16-18(28-23)20(26)22-19(16)25)12-5-4-8-14(11-12)27-13-6-2-1-3-7-13/h1-8,11,16-18H,9-10H2,(H2,21,24)(H,22,25,26). The molecule has 2 aromatic carbocycles. The van der Waals surface area contributed by atoms with Crippen molar-refractivity contribution >= 4 is 17.7 Å². The third-order valence-corrected chi connectivity index (χ3v) is 4.79. The Balaban J connectivity index is 1.64. The molecular weight excluding hydrogens is 362 g/mol. The van der Waals surface area contributed by atoms with E-state index in [0.717, 1.165) is 5.56 Å². The van der Waals surface area contributed by atoms with E-state index in [9.17, 15) is 14.4 Å². The average Bonchev–Trinajstić information content (AvgIpc) is 3.19. The van der Waals surface area contributed by atoms with Gasteiger partial charge in [0, 0.05) is 13.0 Å². The number of carbonyl (C=O) groups excluding carboxylic acids is 3. The fourth-order valence-electron chi connectivity index (χ4n) is 3.56. The van der Waals surface area contributed by atoms with Crippen LogP contribution in [-0.4, -0.2) is 35.4 Å². The van der Waals surface area contributed by atoms with Gasteiger partial charge in [0.15, 0.2) is 6.10 Å². The van der Waals surface area contributed by atoms with Crippen LogP contribution in [0.25, 0.3) is 0 Å². The van der Waals surface area contributed by atoms with Crippen molar-refractivity contribution in [2.24, 2.45) is 11.7 Å². The van der Waals surface area contributed by atoms with Crippen LogP contribution in [0.4, 0.5) is 0 Å². The quantitative estimate of drug-likeness (QED) is 0.730. The molecule has 2 heterocycles. The Kier molecular flexibility index (Phi) is 4.81. The maximum absolute atomic E-state index is 12.3. The summed E-state index contributed by atoms with van der Waals surface area (Å²) in [5.74, 6) is -0.788. The number of nitrogens with zero attached hydrogens (tertiary/aromatic N) is 1. The number of primary amides is 1. The highest BCUT2D eigenvalue weighted by Crippen LogP contribution is 2.42. The van der Waals surface area contributed by atoms with Crippen molar-refractivity contribution in [3.63, 3.8) is 0 Å². The van der Waals surface area contributed by atoms with Gasteiger partial charge in [0.25, 0.3) is 5.91 Å². The number of nitrogens with two attached hydrogens (primary N) is 1. The Morgan fingerprint density at radius 1 is 1.07 bits per heavy atom. The van der Waals surface area contributed by atoms with E-state index in [1.807, 2.05) is 42.5 Å². The highest BCUT2D eigenvalue weighted by molar-refractivity contribution is 6.07. The first-order valence-electron chi connectivity index (χ1n) is 8.92. The lowest BCUT2D eigenvalue weighted by Crippen LogP contribution is -2.34. The van der Waals surface area contributed by atoms with Gasteiger partial charge in [-0.15, -0.1) is 0 Å². The summed E-state index contributed by atoms with van der Waals surface area (Å²) in [5.41, 5.74) is 5.99. The Morgan fingerprint density at radius 3 is 2.57 bits per heavy atom. The molecular formula is C20H19N3O5. The normalized spacial score (nSPS) is 24.1. The van der Waals surface area contributed by atoms with E-state index in [0.29, 0.717) is 11.5 Å². The van der Waals surface area contributed by atoms with Gasteiger partial charge in [0.1, 0.15) is 11.5 Å². The van der Waals surface area contributed by atoms with Crippen LogP contribution in [0.5, 0.6) is 11.5 Å². The zero-order chi connectivity index (χ0) is 19.7. The molecule has 8 nitrogen and oxygen atoms in total. The maximum Gasteiger partial charge on any atom is 0.258 e. The molecule has 3 unspecified atom stereocenters. The Bertz CT molecular complexity index is 917. The molecule has 3 atom stereocenters. The van der Waals surface area contributed by atoms with E-state index < -0.39 is 35.8 Å². The second-order valence-corrected chi connectivity index (χ2v) is 6.69. The summed E-state index contributed by atoms with van der Waals surface area (Å²) >= 11 is 0. The number of hydrogen-bond donors (Lipinski definition) is 2. The van der Waals surface area contributed by atoms with Crippen molar-refractivity contribution in [3.05, 3.63) is 60.2 Å². The van der Waals surface area contributed by atoms with E-state index in [2.05, 4.69) is 5.32 Å². The van der Waals surface area contributed by atoms with Crippen LogP contribution in [0.3, 0.4) is 0 Å². The molecule has 0 aliphatic carbocycles. The maximum atomic E-state index is 12.3. The molecule has 2 fully saturated rings. The minimum atomic E-state index is -0.913. The van der Waals surface area contributed by atoms with Gasteiger partial charge in [-0.1, -0.05) is 30.3 Å². The first kappa shape index (κ1) is 18.1. The third kappa shape index (κ3) is 3.47. The van der Waals surface area contributed by atoms with E-state index in [-0.39, 0.29) is 13.0 Å². The second-order valence-electron chi connectivity index (χ2n) is 6.69. The molecule has 3 N–H and O–H groups in total. The highest BCUT2D eigenvalue weighted by Gasteiger charge is 2.56. The van der Waals surface area contributed by atoms with Crippen LogP contribution >= 0.6 is 0 Å². The number of fused-ring (bicyclic) bond motifs is 1. The summed E-state index contributed by atoms with van der Waals surface area (Å²) in [6.07, 6.45) is -0.865. The molecule has 0 bridgehead atoms. The number of ether oxygens (including phenoxy) is 1. The van der Waals surface area contributed by atoms with Gasteiger partial charge in [0.05, 0.1) is 12.0 Å². The molecule has 0 spiro atoms. The zero-order valence-electron chi connectivity index (χ0n) is 14.9. The second kappa shape index (κ2) is 7.41. The molecule has 8 heteroatoms. The van der Waals surface area contributed by atoms with Gasteiger partial charge < -0.3 is 10.5 Å². The lowest BCUT2D eigenvalue weighted by atomic mass is 9.90. The van der Waals surface area contributed by atoms with E-state index >= 15 is 0 Å². The number of hydroxylamine groups is 2. The number of benzene rings is 2. The summed E-state index contributed by atoms with van der Waals surface area (Å²) in [6.45, 7) is 0.178. The Hall–Kier alpha value is -3.23. The zero-order valence-corrected chi connectivity index (χ0v) is 14.9. The van der Waals surface area contributed by atoms with Crippen LogP contribution in [0.2, 0.25) is 0 Å². The predicted octanol–water partition coefficient (Wildman–Crippen LogP) is 1.28. The largest absolute Gasteiger partial charge is 0.457 e. The van der Waals surface area contributed by atoms with Crippen LogP contribution in [0.15, 0.2) is 54.6 Å². The minimum Gasteiger partial charge on any atom is -0.457 e. The van der Waals surface area contributed by atoms with E-state index in [1.54, 1.807) is 12.1 Å². The van der Waals surface area contributed by atoms with Gasteiger partial charge in [-0.25, -0.2) is 0 Å². The number of imide groups is 1. The molecule has 4 rings (SSSR count). The van der Waals surface area contributed by atoms with E-state index in [4.69, 9.17) is 15.3 Å². The van der Waals surface area contributed by atoms with E-state index in [1.165, 1.54) is 5.06 Å². The number of hydrogen-bond acceptors (Lipinski definition) is 6.